The Hall–Kier alpha value is -2.22. The highest BCUT2D eigenvalue weighted by Gasteiger charge is 2.41. The fourth-order valence-electron chi connectivity index (χ4n) is 2.07. The smallest absolute Gasteiger partial charge is 0.251 e. The number of rotatable bonds is 3. The predicted octanol–water partition coefficient (Wildman–Crippen LogP) is 0.127. The number of nitrogen functional groups attached to an aromatic ring is 1. The Bertz CT molecular complexity index is 584. The summed E-state index contributed by atoms with van der Waals surface area (Å²) < 4.78 is 0. The van der Waals surface area contributed by atoms with Crippen LogP contribution in [-0.4, -0.2) is 33.9 Å². The second kappa shape index (κ2) is 5.28. The van der Waals surface area contributed by atoms with Crippen LogP contribution in [0.3, 0.4) is 0 Å². The van der Waals surface area contributed by atoms with Gasteiger partial charge in [0.2, 0.25) is 5.91 Å². The maximum atomic E-state index is 12.0. The molecular weight excluding hydrogens is 272 g/mol. The van der Waals surface area contributed by atoms with Gasteiger partial charge in [-0.15, -0.1) is 0 Å². The highest BCUT2D eigenvalue weighted by Crippen LogP contribution is 2.27. The molecular formula is C13H20N6O2. The van der Waals surface area contributed by atoms with Crippen LogP contribution >= 0.6 is 0 Å². The van der Waals surface area contributed by atoms with Crippen LogP contribution in [0.4, 0.5) is 11.6 Å². The van der Waals surface area contributed by atoms with E-state index < -0.39 is 5.54 Å². The largest absolute Gasteiger partial charge is 0.333 e. The van der Waals surface area contributed by atoms with Crippen molar-refractivity contribution in [3.63, 3.8) is 0 Å². The SMILES string of the molecule is CC(C)c1nc(NN)cc(N2CC(=O)NC(=O)C2(C)C)n1. The summed E-state index contributed by atoms with van der Waals surface area (Å²) in [5, 5.41) is 2.33. The van der Waals surface area contributed by atoms with E-state index in [0.29, 0.717) is 17.5 Å². The Labute approximate surface area is 123 Å². The van der Waals surface area contributed by atoms with Crippen molar-refractivity contribution < 1.29 is 9.59 Å². The van der Waals surface area contributed by atoms with Gasteiger partial charge in [0.15, 0.2) is 0 Å². The van der Waals surface area contributed by atoms with Gasteiger partial charge in [-0.25, -0.2) is 15.8 Å². The molecule has 2 amide bonds. The molecule has 1 aromatic rings. The van der Waals surface area contributed by atoms with Crippen molar-refractivity contribution in [1.29, 1.82) is 0 Å². The minimum absolute atomic E-state index is 0.0529. The van der Waals surface area contributed by atoms with Crippen LogP contribution in [0, 0.1) is 0 Å². The Morgan fingerprint density at radius 2 is 2.05 bits per heavy atom. The molecule has 21 heavy (non-hydrogen) atoms. The molecule has 0 atom stereocenters. The van der Waals surface area contributed by atoms with E-state index in [2.05, 4.69) is 20.7 Å². The summed E-state index contributed by atoms with van der Waals surface area (Å²) in [7, 11) is 0. The van der Waals surface area contributed by atoms with E-state index >= 15 is 0 Å². The van der Waals surface area contributed by atoms with E-state index in [1.54, 1.807) is 24.8 Å². The normalized spacial score (nSPS) is 17.9. The van der Waals surface area contributed by atoms with E-state index in [-0.39, 0.29) is 24.3 Å². The zero-order valence-electron chi connectivity index (χ0n) is 12.6. The van der Waals surface area contributed by atoms with Gasteiger partial charge in [-0.3, -0.25) is 14.9 Å². The van der Waals surface area contributed by atoms with Gasteiger partial charge in [0.25, 0.3) is 5.91 Å². The third kappa shape index (κ3) is 2.80. The number of amides is 2. The molecule has 0 aliphatic carbocycles. The van der Waals surface area contributed by atoms with Gasteiger partial charge in [-0.1, -0.05) is 13.8 Å². The lowest BCUT2D eigenvalue weighted by atomic mass is 9.98. The minimum Gasteiger partial charge on any atom is -0.333 e. The number of imide groups is 1. The number of hydrogen-bond donors (Lipinski definition) is 3. The van der Waals surface area contributed by atoms with Crippen LogP contribution in [0.1, 0.15) is 39.4 Å². The second-order valence-electron chi connectivity index (χ2n) is 5.79. The monoisotopic (exact) mass is 292 g/mol. The molecule has 2 heterocycles. The molecule has 2 rings (SSSR count). The zero-order valence-corrected chi connectivity index (χ0v) is 12.6. The number of aromatic nitrogens is 2. The molecule has 8 heteroatoms. The topological polar surface area (TPSA) is 113 Å². The van der Waals surface area contributed by atoms with Gasteiger partial charge in [0, 0.05) is 12.0 Å². The Balaban J connectivity index is 2.50. The molecule has 0 saturated carbocycles. The Kier molecular flexibility index (Phi) is 3.82. The third-order valence-electron chi connectivity index (χ3n) is 3.46. The quantitative estimate of drug-likeness (QED) is 0.412. The number of anilines is 2. The number of hydrazine groups is 1. The zero-order chi connectivity index (χ0) is 15.8. The molecule has 8 nitrogen and oxygen atoms in total. The molecule has 1 aliphatic heterocycles. The van der Waals surface area contributed by atoms with Crippen molar-refractivity contribution in [3.05, 3.63) is 11.9 Å². The summed E-state index contributed by atoms with van der Waals surface area (Å²) in [6.07, 6.45) is 0. The number of piperazine rings is 1. The van der Waals surface area contributed by atoms with Crippen molar-refractivity contribution in [2.45, 2.75) is 39.2 Å². The van der Waals surface area contributed by atoms with Gasteiger partial charge < -0.3 is 10.3 Å². The van der Waals surface area contributed by atoms with Crippen LogP contribution in [0.5, 0.6) is 0 Å². The third-order valence-corrected chi connectivity index (χ3v) is 3.46. The molecule has 1 aromatic heterocycles. The fourth-order valence-corrected chi connectivity index (χ4v) is 2.07. The number of carbonyl (C=O) groups is 2. The Morgan fingerprint density at radius 1 is 1.38 bits per heavy atom. The number of nitrogens with one attached hydrogen (secondary N) is 2. The van der Waals surface area contributed by atoms with Crippen LogP contribution in [0.25, 0.3) is 0 Å². The van der Waals surface area contributed by atoms with Gasteiger partial charge >= 0.3 is 0 Å². The van der Waals surface area contributed by atoms with Crippen molar-refractivity contribution in [2.24, 2.45) is 5.84 Å². The molecule has 0 unspecified atom stereocenters. The summed E-state index contributed by atoms with van der Waals surface area (Å²) in [4.78, 5) is 34.1. The number of hydrogen-bond acceptors (Lipinski definition) is 7. The van der Waals surface area contributed by atoms with Crippen LogP contribution < -0.4 is 21.5 Å². The van der Waals surface area contributed by atoms with Gasteiger partial charge in [-0.05, 0) is 13.8 Å². The van der Waals surface area contributed by atoms with E-state index in [0.717, 1.165) is 0 Å². The van der Waals surface area contributed by atoms with Crippen molar-refractivity contribution in [3.8, 4) is 0 Å². The highest BCUT2D eigenvalue weighted by molar-refractivity contribution is 6.06. The van der Waals surface area contributed by atoms with Crippen molar-refractivity contribution in [2.75, 3.05) is 16.9 Å². The van der Waals surface area contributed by atoms with Gasteiger partial charge in [0.1, 0.15) is 23.0 Å². The number of nitrogens with two attached hydrogens (primary N) is 1. The lowest BCUT2D eigenvalue weighted by Gasteiger charge is -2.41. The predicted molar refractivity (Wildman–Crippen MR) is 78.5 cm³/mol. The van der Waals surface area contributed by atoms with Gasteiger partial charge in [-0.2, -0.15) is 0 Å². The van der Waals surface area contributed by atoms with Gasteiger partial charge in [0.05, 0.1) is 6.54 Å². The second-order valence-corrected chi connectivity index (χ2v) is 5.79. The van der Waals surface area contributed by atoms with Crippen LogP contribution in [0.15, 0.2) is 6.07 Å². The number of carbonyl (C=O) groups excluding carboxylic acids is 2. The maximum absolute atomic E-state index is 12.0. The maximum Gasteiger partial charge on any atom is 0.251 e. The Morgan fingerprint density at radius 3 is 2.62 bits per heavy atom. The van der Waals surface area contributed by atoms with E-state index in [1.807, 2.05) is 13.8 Å². The lowest BCUT2D eigenvalue weighted by Crippen LogP contribution is -2.64. The average Bonchev–Trinajstić information content (AvgIpc) is 2.42. The summed E-state index contributed by atoms with van der Waals surface area (Å²) in [6, 6.07) is 1.62. The summed E-state index contributed by atoms with van der Waals surface area (Å²) in [6.45, 7) is 7.44. The van der Waals surface area contributed by atoms with Crippen molar-refractivity contribution in [1.82, 2.24) is 15.3 Å². The van der Waals surface area contributed by atoms with Crippen LogP contribution in [0.2, 0.25) is 0 Å². The summed E-state index contributed by atoms with van der Waals surface area (Å²) in [5.74, 6) is 6.35. The molecule has 4 N–H and O–H groups in total. The molecule has 1 saturated heterocycles. The number of nitrogens with zero attached hydrogens (tertiary/aromatic N) is 3. The standard InChI is InChI=1S/C13H20N6O2/c1-7(2)11-15-8(18-14)5-9(16-11)19-6-10(20)17-12(21)13(19,3)4/h5,7H,6,14H2,1-4H3,(H,15,16,18)(H,17,20,21). The average molecular weight is 292 g/mol. The van der Waals surface area contributed by atoms with E-state index in [1.165, 1.54) is 0 Å². The fraction of sp³-hybridized carbons (Fsp3) is 0.538. The van der Waals surface area contributed by atoms with E-state index in [9.17, 15) is 9.59 Å². The molecule has 0 aromatic carbocycles. The molecule has 1 aliphatic rings. The van der Waals surface area contributed by atoms with E-state index in [4.69, 9.17) is 5.84 Å². The summed E-state index contributed by atoms with van der Waals surface area (Å²) in [5.41, 5.74) is 1.60. The highest BCUT2D eigenvalue weighted by atomic mass is 16.2. The minimum atomic E-state index is -0.887. The lowest BCUT2D eigenvalue weighted by molar-refractivity contribution is -0.135. The first kappa shape index (κ1) is 15.2. The first-order valence-corrected chi connectivity index (χ1v) is 6.73. The molecule has 0 spiro atoms. The first-order valence-electron chi connectivity index (χ1n) is 6.73. The molecule has 1 fully saturated rings. The van der Waals surface area contributed by atoms with Crippen LogP contribution in [-0.2, 0) is 9.59 Å². The molecule has 0 bridgehead atoms. The first-order chi connectivity index (χ1) is 9.75. The van der Waals surface area contributed by atoms with Crippen molar-refractivity contribution >= 4 is 23.5 Å². The summed E-state index contributed by atoms with van der Waals surface area (Å²) >= 11 is 0. The molecule has 0 radical (unpaired) electrons. The molecule has 114 valence electrons.